The molecular weight excluding hydrogens is 224 g/mol. The zero-order valence-corrected chi connectivity index (χ0v) is 9.88. The molecule has 1 unspecified atom stereocenters. The highest BCUT2D eigenvalue weighted by Crippen LogP contribution is 2.19. The quantitative estimate of drug-likeness (QED) is 0.469. The summed E-state index contributed by atoms with van der Waals surface area (Å²) in [6.07, 6.45) is 0.972. The van der Waals surface area contributed by atoms with Crippen LogP contribution in [-0.4, -0.2) is 17.0 Å². The van der Waals surface area contributed by atoms with E-state index < -0.39 is 11.8 Å². The lowest BCUT2D eigenvalue weighted by atomic mass is 10.1. The first kappa shape index (κ1) is 13.6. The van der Waals surface area contributed by atoms with Crippen molar-refractivity contribution < 1.29 is 24.7 Å². The second-order valence-electron chi connectivity index (χ2n) is 3.87. The number of carbonyl (C=O) groups is 1. The minimum absolute atomic E-state index is 0.348. The van der Waals surface area contributed by atoms with Crippen molar-refractivity contribution >= 4 is 5.97 Å². The van der Waals surface area contributed by atoms with Crippen molar-refractivity contribution in [1.82, 2.24) is 0 Å². The molecule has 1 N–H and O–H groups in total. The number of hydrogen-bond acceptors (Lipinski definition) is 5. The molecule has 0 aliphatic rings. The maximum absolute atomic E-state index is 10.6. The Morgan fingerprint density at radius 3 is 2.53 bits per heavy atom. The van der Waals surface area contributed by atoms with E-state index in [-0.39, 0.29) is 0 Å². The van der Waals surface area contributed by atoms with Crippen LogP contribution in [0, 0.1) is 0 Å². The highest BCUT2D eigenvalue weighted by Gasteiger charge is 2.29. The first-order valence-electron chi connectivity index (χ1n) is 5.28. The molecule has 0 fully saturated rings. The zero-order chi connectivity index (χ0) is 12.7. The average molecular weight is 240 g/mol. The zero-order valence-electron chi connectivity index (χ0n) is 9.88. The van der Waals surface area contributed by atoms with Crippen LogP contribution in [0.5, 0.6) is 0 Å². The number of carbonyl (C=O) groups excluding carboxylic acids is 1. The van der Waals surface area contributed by atoms with Gasteiger partial charge in [0.05, 0.1) is 0 Å². The molecule has 0 amide bonds. The molecule has 0 bridgehead atoms. The van der Waals surface area contributed by atoms with E-state index in [0.717, 1.165) is 5.56 Å². The van der Waals surface area contributed by atoms with E-state index in [2.05, 4.69) is 9.78 Å². The van der Waals surface area contributed by atoms with Gasteiger partial charge in [0.25, 0.3) is 0 Å². The fourth-order valence-electron chi connectivity index (χ4n) is 1.27. The monoisotopic (exact) mass is 240 g/mol. The third kappa shape index (κ3) is 4.95. The molecule has 1 rings (SSSR count). The lowest BCUT2D eigenvalue weighted by Crippen LogP contribution is -2.32. The molecule has 1 aromatic rings. The third-order valence-electron chi connectivity index (χ3n) is 2.24. The van der Waals surface area contributed by atoms with Crippen LogP contribution in [0.2, 0.25) is 0 Å². The normalized spacial score (nSPS) is 14.1. The smallest absolute Gasteiger partial charge is 0.296 e. The summed E-state index contributed by atoms with van der Waals surface area (Å²) >= 11 is 0. The fourth-order valence-corrected chi connectivity index (χ4v) is 1.27. The van der Waals surface area contributed by atoms with Crippen LogP contribution >= 0.6 is 0 Å². The fraction of sp³-hybridized carbons (Fsp3) is 0.417. The van der Waals surface area contributed by atoms with Gasteiger partial charge >= 0.3 is 5.97 Å². The SMILES string of the molecule is CC(=O)OOC(C)(CCc1ccccc1)OO. The van der Waals surface area contributed by atoms with E-state index in [0.29, 0.717) is 12.8 Å². The van der Waals surface area contributed by atoms with Gasteiger partial charge in [0.2, 0.25) is 5.79 Å². The minimum Gasteiger partial charge on any atom is -0.296 e. The summed E-state index contributed by atoms with van der Waals surface area (Å²) in [6, 6.07) is 9.65. The van der Waals surface area contributed by atoms with Crippen LogP contribution < -0.4 is 0 Å². The average Bonchev–Trinajstić information content (AvgIpc) is 2.35. The van der Waals surface area contributed by atoms with Gasteiger partial charge in [-0.15, -0.1) is 4.89 Å². The van der Waals surface area contributed by atoms with Gasteiger partial charge in [-0.2, -0.15) is 4.89 Å². The van der Waals surface area contributed by atoms with Crippen molar-refractivity contribution in [3.63, 3.8) is 0 Å². The molecule has 94 valence electrons. The van der Waals surface area contributed by atoms with E-state index in [1.54, 1.807) is 0 Å². The second-order valence-corrected chi connectivity index (χ2v) is 3.87. The molecule has 0 aliphatic carbocycles. The van der Waals surface area contributed by atoms with E-state index in [1.165, 1.54) is 13.8 Å². The molecule has 0 saturated carbocycles. The summed E-state index contributed by atoms with van der Waals surface area (Å²) < 4.78 is 0. The molecule has 0 spiro atoms. The molecule has 17 heavy (non-hydrogen) atoms. The highest BCUT2D eigenvalue weighted by molar-refractivity contribution is 5.65. The van der Waals surface area contributed by atoms with Crippen molar-refractivity contribution in [2.75, 3.05) is 0 Å². The molecule has 0 radical (unpaired) electrons. The van der Waals surface area contributed by atoms with Crippen LogP contribution in [0.25, 0.3) is 0 Å². The molecule has 5 heteroatoms. The first-order valence-corrected chi connectivity index (χ1v) is 5.28. The van der Waals surface area contributed by atoms with Gasteiger partial charge in [-0.25, -0.2) is 10.1 Å². The van der Waals surface area contributed by atoms with Crippen LogP contribution in [0.15, 0.2) is 30.3 Å². The predicted octanol–water partition coefficient (Wildman–Crippen LogP) is 2.32. The third-order valence-corrected chi connectivity index (χ3v) is 2.24. The molecule has 1 aromatic carbocycles. The van der Waals surface area contributed by atoms with E-state index >= 15 is 0 Å². The molecule has 1 atom stereocenters. The Bertz CT molecular complexity index is 351. The Morgan fingerprint density at radius 1 is 1.35 bits per heavy atom. The van der Waals surface area contributed by atoms with Crippen molar-refractivity contribution in [2.24, 2.45) is 0 Å². The largest absolute Gasteiger partial charge is 0.339 e. The molecular formula is C12H16O5. The Kier molecular flexibility index (Phi) is 5.09. The van der Waals surface area contributed by atoms with Crippen LogP contribution in [-0.2, 0) is 25.9 Å². The number of aryl methyl sites for hydroxylation is 1. The lowest BCUT2D eigenvalue weighted by molar-refractivity contribution is -0.479. The van der Waals surface area contributed by atoms with Crippen molar-refractivity contribution in [3.05, 3.63) is 35.9 Å². The van der Waals surface area contributed by atoms with Gasteiger partial charge in [-0.3, -0.25) is 4.89 Å². The van der Waals surface area contributed by atoms with E-state index in [1.807, 2.05) is 30.3 Å². The number of rotatable bonds is 6. The standard InChI is InChI=1S/C12H16O5/c1-10(13)15-17-12(2,16-14)9-8-11-6-4-3-5-7-11/h3-7,14H,8-9H2,1-2H3. The number of benzene rings is 1. The molecule has 0 aliphatic heterocycles. The Hall–Kier alpha value is -1.43. The van der Waals surface area contributed by atoms with Crippen LogP contribution in [0.1, 0.15) is 25.8 Å². The molecule has 0 heterocycles. The Morgan fingerprint density at radius 2 is 2.00 bits per heavy atom. The summed E-state index contributed by atoms with van der Waals surface area (Å²) in [5, 5.41) is 8.76. The molecule has 5 nitrogen and oxygen atoms in total. The predicted molar refractivity (Wildman–Crippen MR) is 59.7 cm³/mol. The van der Waals surface area contributed by atoms with Crippen molar-refractivity contribution in [1.29, 1.82) is 0 Å². The van der Waals surface area contributed by atoms with Crippen molar-refractivity contribution in [2.45, 2.75) is 32.5 Å². The number of hydrogen-bond donors (Lipinski definition) is 1. The van der Waals surface area contributed by atoms with Crippen LogP contribution in [0.3, 0.4) is 0 Å². The van der Waals surface area contributed by atoms with E-state index in [4.69, 9.17) is 10.1 Å². The van der Waals surface area contributed by atoms with Gasteiger partial charge in [0, 0.05) is 13.3 Å². The van der Waals surface area contributed by atoms with E-state index in [9.17, 15) is 4.79 Å². The van der Waals surface area contributed by atoms with Gasteiger partial charge in [0.1, 0.15) is 0 Å². The second kappa shape index (κ2) is 6.34. The Balaban J connectivity index is 2.48. The summed E-state index contributed by atoms with van der Waals surface area (Å²) in [4.78, 5) is 23.9. The minimum atomic E-state index is -1.36. The molecule has 0 aromatic heterocycles. The highest BCUT2D eigenvalue weighted by atomic mass is 17.3. The summed E-state index contributed by atoms with van der Waals surface area (Å²) in [6.45, 7) is 2.69. The Labute approximate surface area is 99.8 Å². The van der Waals surface area contributed by atoms with Crippen LogP contribution in [0.4, 0.5) is 0 Å². The first-order chi connectivity index (χ1) is 8.06. The van der Waals surface area contributed by atoms with Gasteiger partial charge in [0.15, 0.2) is 0 Å². The van der Waals surface area contributed by atoms with Gasteiger partial charge in [-0.1, -0.05) is 30.3 Å². The van der Waals surface area contributed by atoms with Crippen molar-refractivity contribution in [3.8, 4) is 0 Å². The summed E-state index contributed by atoms with van der Waals surface area (Å²) in [5.74, 6) is -1.96. The van der Waals surface area contributed by atoms with Gasteiger partial charge < -0.3 is 0 Å². The van der Waals surface area contributed by atoms with Gasteiger partial charge in [-0.05, 0) is 18.9 Å². The summed E-state index contributed by atoms with van der Waals surface area (Å²) in [5.41, 5.74) is 1.07. The maximum atomic E-state index is 10.6. The lowest BCUT2D eigenvalue weighted by Gasteiger charge is -2.23. The summed E-state index contributed by atoms with van der Waals surface area (Å²) in [7, 11) is 0. The topological polar surface area (TPSA) is 65.0 Å². The molecule has 0 saturated heterocycles. The maximum Gasteiger partial charge on any atom is 0.339 e.